The second-order valence-corrected chi connectivity index (χ2v) is 4.55. The van der Waals surface area contributed by atoms with Gasteiger partial charge in [0.15, 0.2) is 0 Å². The van der Waals surface area contributed by atoms with Crippen LogP contribution in [0, 0.1) is 5.41 Å². The molecule has 0 fully saturated rings. The van der Waals surface area contributed by atoms with E-state index in [0.29, 0.717) is 0 Å². The first-order chi connectivity index (χ1) is 4.89. The van der Waals surface area contributed by atoms with Gasteiger partial charge in [0.2, 0.25) is 0 Å². The number of allylic oxidation sites excluding steroid dienone is 4. The largest absolute Gasteiger partial charge is 0.147 e. The molecule has 0 amide bonds. The fourth-order valence-electron chi connectivity index (χ4n) is 1.57. The van der Waals surface area contributed by atoms with Crippen LogP contribution in [-0.4, -0.2) is 0 Å². The van der Waals surface area contributed by atoms with Crippen molar-refractivity contribution < 1.29 is 17.4 Å². The van der Waals surface area contributed by atoms with Crippen LogP contribution >= 0.6 is 37.2 Å². The molecular weight excluding hydrogens is 277 g/mol. The first kappa shape index (κ1) is 20.4. The Balaban J connectivity index is -0.000000403. The van der Waals surface area contributed by atoms with Gasteiger partial charge >= 0.3 is 78.5 Å². The summed E-state index contributed by atoms with van der Waals surface area (Å²) < 4.78 is 1.47. The Hall–Kier alpha value is 0.934. The van der Waals surface area contributed by atoms with Crippen LogP contribution in [0.5, 0.6) is 0 Å². The van der Waals surface area contributed by atoms with E-state index in [4.69, 9.17) is 0 Å². The Morgan fingerprint density at radius 1 is 0.857 bits per heavy atom. The molecule has 1 aliphatic rings. The molecule has 84 valence electrons. The minimum absolute atomic E-state index is 0. The van der Waals surface area contributed by atoms with Gasteiger partial charge in [-0.1, -0.05) is 0 Å². The smallest absolute Gasteiger partial charge is 0.147 e. The molecule has 0 saturated heterocycles. The maximum Gasteiger partial charge on any atom is -0.147 e. The molecule has 1 aliphatic carbocycles. The van der Waals surface area contributed by atoms with Crippen LogP contribution in [0.1, 0.15) is 34.6 Å². The minimum Gasteiger partial charge on any atom is -0.147 e. The maximum atomic E-state index is 2.71. The van der Waals surface area contributed by atoms with Crippen molar-refractivity contribution in [3.8, 4) is 0 Å². The van der Waals surface area contributed by atoms with E-state index in [9.17, 15) is 0 Å². The first-order valence-corrected chi connectivity index (χ1v) is 4.67. The molecule has 0 aliphatic heterocycles. The van der Waals surface area contributed by atoms with Gasteiger partial charge in [0.05, 0.1) is 0 Å². The molecule has 0 nitrogen and oxygen atoms in total. The van der Waals surface area contributed by atoms with Crippen LogP contribution in [0.2, 0.25) is 0 Å². The number of rotatable bonds is 0. The molecule has 0 unspecified atom stereocenters. The van der Waals surface area contributed by atoms with Crippen molar-refractivity contribution in [1.29, 1.82) is 0 Å². The zero-order chi connectivity index (χ0) is 8.81. The van der Waals surface area contributed by atoms with Crippen LogP contribution < -0.4 is 0 Å². The summed E-state index contributed by atoms with van der Waals surface area (Å²) in [5.74, 6) is 0. The van der Waals surface area contributed by atoms with Crippen LogP contribution in [0.25, 0.3) is 0 Å². The summed E-state index contributed by atoms with van der Waals surface area (Å²) >= 11 is 2.71. The van der Waals surface area contributed by atoms with E-state index in [1.54, 1.807) is 0 Å². The standard InChI is InChI=1S/C10H15.3ClH.V/c1-7-6-10(4,5)9(3)8(7)2;;;;/h1-5H3;3*1H;. The van der Waals surface area contributed by atoms with Crippen molar-refractivity contribution in [3.63, 3.8) is 0 Å². The van der Waals surface area contributed by atoms with Crippen LogP contribution in [-0.2, 0) is 17.4 Å². The average Bonchev–Trinajstić information content (AvgIpc) is 2.06. The molecule has 0 saturated carbocycles. The third-order valence-electron chi connectivity index (χ3n) is 3.01. The van der Waals surface area contributed by atoms with E-state index in [1.165, 1.54) is 21.0 Å². The SMILES string of the molecule is CC1=C(C)C(C)(C)[C]([V])=C1C.Cl.Cl.Cl. The Kier molecular flexibility index (Phi) is 9.46. The number of hydrogen-bond donors (Lipinski definition) is 0. The Morgan fingerprint density at radius 3 is 1.29 bits per heavy atom. The van der Waals surface area contributed by atoms with E-state index in [2.05, 4.69) is 52.0 Å². The van der Waals surface area contributed by atoms with Crippen LogP contribution in [0.4, 0.5) is 0 Å². The van der Waals surface area contributed by atoms with E-state index < -0.39 is 0 Å². The normalized spacial score (nSPS) is 18.4. The summed E-state index contributed by atoms with van der Waals surface area (Å²) in [5, 5.41) is 0. The molecule has 14 heavy (non-hydrogen) atoms. The summed E-state index contributed by atoms with van der Waals surface area (Å²) in [5.41, 5.74) is 4.75. The predicted octanol–water partition coefficient (Wildman–Crippen LogP) is 4.45. The molecular formula is C10H18Cl3V. The van der Waals surface area contributed by atoms with Gasteiger partial charge < -0.3 is 0 Å². The van der Waals surface area contributed by atoms with Gasteiger partial charge in [0.1, 0.15) is 0 Å². The van der Waals surface area contributed by atoms with Gasteiger partial charge in [-0.25, -0.2) is 0 Å². The molecule has 0 aromatic rings. The average molecular weight is 296 g/mol. The summed E-state index contributed by atoms with van der Waals surface area (Å²) in [7, 11) is 0. The van der Waals surface area contributed by atoms with Gasteiger partial charge in [0, 0.05) is 0 Å². The van der Waals surface area contributed by atoms with Crippen molar-refractivity contribution in [3.05, 3.63) is 21.0 Å². The first-order valence-electron chi connectivity index (χ1n) is 3.97. The van der Waals surface area contributed by atoms with Crippen molar-refractivity contribution in [2.24, 2.45) is 5.41 Å². The molecule has 0 atom stereocenters. The second kappa shape index (κ2) is 6.50. The topological polar surface area (TPSA) is 0 Å². The summed E-state index contributed by atoms with van der Waals surface area (Å²) in [6.45, 7) is 11.2. The minimum atomic E-state index is 0. The van der Waals surface area contributed by atoms with Crippen molar-refractivity contribution in [2.45, 2.75) is 34.6 Å². The third kappa shape index (κ3) is 2.96. The zero-order valence-electron chi connectivity index (χ0n) is 9.17. The van der Waals surface area contributed by atoms with Crippen LogP contribution in [0.3, 0.4) is 0 Å². The summed E-state index contributed by atoms with van der Waals surface area (Å²) in [4.78, 5) is 0. The monoisotopic (exact) mass is 294 g/mol. The van der Waals surface area contributed by atoms with Crippen LogP contribution in [0.15, 0.2) is 21.0 Å². The van der Waals surface area contributed by atoms with Gasteiger partial charge in [-0.3, -0.25) is 0 Å². The van der Waals surface area contributed by atoms with Gasteiger partial charge in [-0.2, -0.15) is 0 Å². The second-order valence-electron chi connectivity index (χ2n) is 3.85. The molecule has 0 N–H and O–H groups in total. The maximum absolute atomic E-state index is 2.71. The Morgan fingerprint density at radius 2 is 1.21 bits per heavy atom. The van der Waals surface area contributed by atoms with Crippen molar-refractivity contribution in [2.75, 3.05) is 0 Å². The summed E-state index contributed by atoms with van der Waals surface area (Å²) in [6, 6.07) is 0. The predicted molar refractivity (Wildman–Crippen MR) is 66.6 cm³/mol. The Labute approximate surface area is 115 Å². The molecule has 0 bridgehead atoms. The quantitative estimate of drug-likeness (QED) is 0.619. The van der Waals surface area contributed by atoms with E-state index in [0.717, 1.165) is 0 Å². The van der Waals surface area contributed by atoms with E-state index >= 15 is 0 Å². The molecule has 0 aromatic heterocycles. The molecule has 0 heterocycles. The van der Waals surface area contributed by atoms with Gasteiger partial charge in [-0.05, 0) is 0 Å². The molecule has 0 spiro atoms. The van der Waals surface area contributed by atoms with Crippen molar-refractivity contribution in [1.82, 2.24) is 0 Å². The Bertz CT molecular complexity index is 239. The summed E-state index contributed by atoms with van der Waals surface area (Å²) in [6.07, 6.45) is 0. The van der Waals surface area contributed by atoms with Gasteiger partial charge in [-0.15, -0.1) is 37.2 Å². The number of hydrogen-bond acceptors (Lipinski definition) is 0. The van der Waals surface area contributed by atoms with Gasteiger partial charge in [0.25, 0.3) is 0 Å². The molecule has 0 aromatic carbocycles. The zero-order valence-corrected chi connectivity index (χ0v) is 13.0. The van der Waals surface area contributed by atoms with Crippen molar-refractivity contribution >= 4 is 37.2 Å². The fourth-order valence-corrected chi connectivity index (χ4v) is 2.10. The number of halogens is 3. The van der Waals surface area contributed by atoms with E-state index in [-0.39, 0.29) is 42.6 Å². The third-order valence-corrected chi connectivity index (χ3v) is 4.41. The fraction of sp³-hybridized carbons (Fsp3) is 0.600. The van der Waals surface area contributed by atoms with E-state index in [1.807, 2.05) is 0 Å². The molecule has 1 rings (SSSR count). The molecule has 4 heteroatoms. The molecule has 0 radical (unpaired) electrons.